The van der Waals surface area contributed by atoms with Gasteiger partial charge in [0.2, 0.25) is 0 Å². The highest BCUT2D eigenvalue weighted by Crippen LogP contribution is 2.38. The quantitative estimate of drug-likeness (QED) is 0.451. The van der Waals surface area contributed by atoms with Crippen molar-refractivity contribution in [3.05, 3.63) is 49.1 Å². The van der Waals surface area contributed by atoms with Gasteiger partial charge in [0, 0.05) is 40.6 Å². The van der Waals surface area contributed by atoms with Gasteiger partial charge in [-0.05, 0) is 64.3 Å². The summed E-state index contributed by atoms with van der Waals surface area (Å²) in [6.07, 6.45) is 9.43. The smallest absolute Gasteiger partial charge is 0.158 e. The fraction of sp³-hybridized carbons (Fsp3) is 0.375. The summed E-state index contributed by atoms with van der Waals surface area (Å²) < 4.78 is 2.26. The van der Waals surface area contributed by atoms with Crippen LogP contribution < -0.4 is 5.32 Å². The molecule has 0 amide bonds. The summed E-state index contributed by atoms with van der Waals surface area (Å²) in [5.41, 5.74) is 4.98. The average Bonchev–Trinajstić information content (AvgIpc) is 3.35. The van der Waals surface area contributed by atoms with Gasteiger partial charge in [0.05, 0.1) is 18.1 Å². The fourth-order valence-corrected chi connectivity index (χ4v) is 5.16. The van der Waals surface area contributed by atoms with Crippen LogP contribution >= 0.6 is 0 Å². The van der Waals surface area contributed by atoms with Crippen molar-refractivity contribution in [1.29, 1.82) is 0 Å². The molecular weight excluding hydrogens is 388 g/mol. The number of hydrogen-bond acceptors (Lipinski definition) is 5. The van der Waals surface area contributed by atoms with Gasteiger partial charge in [0.1, 0.15) is 11.3 Å². The Morgan fingerprint density at radius 2 is 1.81 bits per heavy atom. The average molecular weight is 417 g/mol. The Balaban J connectivity index is 1.49. The molecule has 31 heavy (non-hydrogen) atoms. The molecule has 5 rings (SSSR count). The number of aromatic amines is 1. The van der Waals surface area contributed by atoms with Crippen LogP contribution in [-0.4, -0.2) is 40.9 Å². The van der Waals surface area contributed by atoms with Crippen molar-refractivity contribution in [3.8, 4) is 28.1 Å². The highest BCUT2D eigenvalue weighted by molar-refractivity contribution is 5.78. The molecule has 7 heteroatoms. The molecule has 4 heterocycles. The Kier molecular flexibility index (Phi) is 4.41. The van der Waals surface area contributed by atoms with E-state index in [0.29, 0.717) is 17.3 Å². The first-order valence-corrected chi connectivity index (χ1v) is 10.7. The number of rotatable bonds is 3. The molecule has 0 radical (unpaired) electrons. The minimum atomic E-state index is 0.0545. The zero-order valence-electron chi connectivity index (χ0n) is 18.3. The number of hydrogen-bond donors (Lipinski definition) is 3. The second kappa shape index (κ2) is 6.92. The lowest BCUT2D eigenvalue weighted by Gasteiger charge is -2.47. The maximum Gasteiger partial charge on any atom is 0.158 e. The molecule has 0 aliphatic carbocycles. The second-order valence-electron chi connectivity index (χ2n) is 9.86. The Morgan fingerprint density at radius 3 is 2.48 bits per heavy atom. The minimum Gasteiger partial charge on any atom is -0.507 e. The van der Waals surface area contributed by atoms with Gasteiger partial charge < -0.3 is 15.0 Å². The van der Waals surface area contributed by atoms with Crippen molar-refractivity contribution in [2.24, 2.45) is 0 Å². The molecular formula is C24H28N6O. The summed E-state index contributed by atoms with van der Waals surface area (Å²) in [5.74, 6) is 0.175. The normalized spacial score (nSPS) is 18.5. The summed E-state index contributed by atoms with van der Waals surface area (Å²) in [5, 5.41) is 21.1. The van der Waals surface area contributed by atoms with Gasteiger partial charge in [-0.15, -0.1) is 0 Å². The predicted octanol–water partition coefficient (Wildman–Crippen LogP) is 4.68. The zero-order valence-corrected chi connectivity index (χ0v) is 18.3. The molecule has 160 valence electrons. The van der Waals surface area contributed by atoms with E-state index < -0.39 is 0 Å². The van der Waals surface area contributed by atoms with Gasteiger partial charge in [-0.25, -0.2) is 9.97 Å². The van der Waals surface area contributed by atoms with E-state index in [1.807, 2.05) is 18.2 Å². The largest absolute Gasteiger partial charge is 0.507 e. The number of piperidine rings is 1. The molecule has 0 spiro atoms. The number of fused-ring (bicyclic) bond motifs is 1. The van der Waals surface area contributed by atoms with Crippen LogP contribution in [0.5, 0.6) is 5.75 Å². The molecule has 1 fully saturated rings. The highest BCUT2D eigenvalue weighted by Gasteiger charge is 2.38. The molecule has 1 aromatic carbocycles. The van der Waals surface area contributed by atoms with Crippen LogP contribution in [0, 0.1) is 0 Å². The van der Waals surface area contributed by atoms with Crippen LogP contribution in [0.2, 0.25) is 0 Å². The van der Waals surface area contributed by atoms with Gasteiger partial charge in [-0.3, -0.25) is 5.10 Å². The third kappa shape index (κ3) is 3.70. The topological polar surface area (TPSA) is 91.7 Å². The van der Waals surface area contributed by atoms with Crippen LogP contribution in [0.1, 0.15) is 46.6 Å². The first-order valence-electron chi connectivity index (χ1n) is 10.7. The number of benzene rings is 1. The van der Waals surface area contributed by atoms with Crippen LogP contribution in [0.3, 0.4) is 0 Å². The minimum absolute atomic E-state index is 0.0545. The lowest BCUT2D eigenvalue weighted by molar-refractivity contribution is 0.134. The van der Waals surface area contributed by atoms with Gasteiger partial charge in [0.15, 0.2) is 5.65 Å². The Morgan fingerprint density at radius 1 is 1.03 bits per heavy atom. The number of aromatic nitrogens is 5. The van der Waals surface area contributed by atoms with E-state index in [0.717, 1.165) is 35.1 Å². The summed E-state index contributed by atoms with van der Waals surface area (Å²) in [4.78, 5) is 9.57. The van der Waals surface area contributed by atoms with E-state index in [2.05, 4.69) is 54.0 Å². The SMILES string of the molecule is CC1(C)CC(n2ccc3nc(-c4ccc(-c5cn[nH]c5)cc4O)cnc32)CC(C)(C)N1. The first kappa shape index (κ1) is 19.8. The molecule has 3 N–H and O–H groups in total. The summed E-state index contributed by atoms with van der Waals surface area (Å²) in [6.45, 7) is 9.03. The monoisotopic (exact) mass is 416 g/mol. The van der Waals surface area contributed by atoms with E-state index >= 15 is 0 Å². The van der Waals surface area contributed by atoms with Crippen LogP contribution in [0.25, 0.3) is 33.5 Å². The standard InChI is InChI=1S/C24H28N6O/c1-23(2)10-17(11-24(3,4)29-23)30-8-7-19-22(30)25-14-20(28-19)18-6-5-15(9-21(18)31)16-12-26-27-13-16/h5-9,12-14,17,29,31H,10-11H2,1-4H3,(H,26,27). The number of H-pyrrole nitrogens is 1. The number of nitrogens with zero attached hydrogens (tertiary/aromatic N) is 4. The van der Waals surface area contributed by atoms with Crippen LogP contribution in [0.4, 0.5) is 0 Å². The number of nitrogens with one attached hydrogen (secondary N) is 2. The Bertz CT molecular complexity index is 1220. The van der Waals surface area contributed by atoms with E-state index in [-0.39, 0.29) is 16.8 Å². The van der Waals surface area contributed by atoms with E-state index in [9.17, 15) is 5.11 Å². The maximum absolute atomic E-state index is 10.6. The second-order valence-corrected chi connectivity index (χ2v) is 9.86. The first-order chi connectivity index (χ1) is 14.7. The van der Waals surface area contributed by atoms with Gasteiger partial charge in [0.25, 0.3) is 0 Å². The molecule has 1 aliphatic heterocycles. The van der Waals surface area contributed by atoms with Crippen molar-refractivity contribution in [2.45, 2.75) is 57.7 Å². The number of aromatic hydroxyl groups is 1. The van der Waals surface area contributed by atoms with Crippen molar-refractivity contribution in [3.63, 3.8) is 0 Å². The molecule has 1 aliphatic rings. The maximum atomic E-state index is 10.6. The fourth-order valence-electron chi connectivity index (χ4n) is 5.16. The molecule has 0 atom stereocenters. The predicted molar refractivity (Wildman–Crippen MR) is 122 cm³/mol. The molecule has 0 saturated carbocycles. The van der Waals surface area contributed by atoms with Crippen LogP contribution in [-0.2, 0) is 0 Å². The third-order valence-corrected chi connectivity index (χ3v) is 6.08. The van der Waals surface area contributed by atoms with Crippen molar-refractivity contribution in [2.75, 3.05) is 0 Å². The van der Waals surface area contributed by atoms with E-state index in [1.54, 1.807) is 24.7 Å². The number of phenols is 1. The molecule has 4 aromatic rings. The lowest BCUT2D eigenvalue weighted by atomic mass is 9.79. The third-order valence-electron chi connectivity index (χ3n) is 6.08. The number of phenolic OH excluding ortho intramolecular Hbond substituents is 1. The van der Waals surface area contributed by atoms with Gasteiger partial charge in [-0.2, -0.15) is 5.10 Å². The van der Waals surface area contributed by atoms with Gasteiger partial charge >= 0.3 is 0 Å². The van der Waals surface area contributed by atoms with Crippen molar-refractivity contribution < 1.29 is 5.11 Å². The summed E-state index contributed by atoms with van der Waals surface area (Å²) in [7, 11) is 0. The molecule has 1 saturated heterocycles. The summed E-state index contributed by atoms with van der Waals surface area (Å²) in [6, 6.07) is 7.94. The van der Waals surface area contributed by atoms with Crippen LogP contribution in [0.15, 0.2) is 49.1 Å². The molecule has 3 aromatic heterocycles. The van der Waals surface area contributed by atoms with Crippen molar-refractivity contribution >= 4 is 11.2 Å². The highest BCUT2D eigenvalue weighted by atomic mass is 16.3. The summed E-state index contributed by atoms with van der Waals surface area (Å²) >= 11 is 0. The molecule has 0 unspecified atom stereocenters. The molecule has 0 bridgehead atoms. The van der Waals surface area contributed by atoms with E-state index in [4.69, 9.17) is 9.97 Å². The Hall–Kier alpha value is -3.19. The zero-order chi connectivity index (χ0) is 21.8. The Labute approximate surface area is 181 Å². The van der Waals surface area contributed by atoms with Gasteiger partial charge in [-0.1, -0.05) is 6.07 Å². The lowest BCUT2D eigenvalue weighted by Crippen LogP contribution is -2.57. The van der Waals surface area contributed by atoms with E-state index in [1.165, 1.54) is 0 Å². The molecule has 7 nitrogen and oxygen atoms in total. The van der Waals surface area contributed by atoms with Crippen molar-refractivity contribution in [1.82, 2.24) is 30.0 Å².